The molecule has 14 heteroatoms. The molecule has 0 radical (unpaired) electrons. The van der Waals surface area contributed by atoms with Crippen molar-refractivity contribution in [1.82, 2.24) is 10.2 Å². The Labute approximate surface area is 231 Å². The second kappa shape index (κ2) is 12.1. The Morgan fingerprint density at radius 3 is 2.12 bits per heavy atom. The van der Waals surface area contributed by atoms with E-state index in [1.54, 1.807) is 0 Å². The van der Waals surface area contributed by atoms with Gasteiger partial charge in [0.05, 0.1) is 30.5 Å². The summed E-state index contributed by atoms with van der Waals surface area (Å²) < 4.78 is 103. The maximum absolute atomic E-state index is 14.7. The predicted octanol–water partition coefficient (Wildman–Crippen LogP) is 5.08. The third-order valence-electron chi connectivity index (χ3n) is 7.61. The van der Waals surface area contributed by atoms with Gasteiger partial charge in [-0.05, 0) is 61.5 Å². The van der Waals surface area contributed by atoms with Gasteiger partial charge >= 0.3 is 18.4 Å². The highest BCUT2D eigenvalue weighted by atomic mass is 19.4. The van der Waals surface area contributed by atoms with Crippen molar-refractivity contribution in [3.05, 3.63) is 65.5 Å². The summed E-state index contributed by atoms with van der Waals surface area (Å²) in [7, 11) is 0. The molecule has 4 rings (SSSR count). The number of aliphatic hydroxyl groups excluding tert-OH is 1. The minimum absolute atomic E-state index is 0.0240. The van der Waals surface area contributed by atoms with Crippen molar-refractivity contribution < 1.29 is 50.5 Å². The molecule has 0 spiro atoms. The second-order valence-corrected chi connectivity index (χ2v) is 10.3. The molecule has 0 aromatic heterocycles. The van der Waals surface area contributed by atoms with Crippen LogP contribution in [0.2, 0.25) is 0 Å². The molecule has 226 valence electrons. The predicted molar refractivity (Wildman–Crippen MR) is 133 cm³/mol. The van der Waals surface area contributed by atoms with Crippen LogP contribution in [-0.4, -0.2) is 71.4 Å². The molecular weight excluding hydrogens is 563 g/mol. The van der Waals surface area contributed by atoms with Gasteiger partial charge in [0.15, 0.2) is 0 Å². The molecule has 0 bridgehead atoms. The molecular formula is C27H30F7N3O4. The van der Waals surface area contributed by atoms with E-state index >= 15 is 0 Å². The van der Waals surface area contributed by atoms with Gasteiger partial charge in [-0.25, -0.2) is 9.18 Å². The first-order valence-electron chi connectivity index (χ1n) is 13.0. The highest BCUT2D eigenvalue weighted by Crippen LogP contribution is 2.53. The summed E-state index contributed by atoms with van der Waals surface area (Å²) in [6.07, 6.45) is -12.8. The number of anilines is 1. The largest absolute Gasteiger partial charge is 0.428 e. The Kier molecular flexibility index (Phi) is 9.16. The Balaban J connectivity index is 1.46. The maximum Gasteiger partial charge on any atom is 0.428 e. The molecule has 2 heterocycles. The van der Waals surface area contributed by atoms with Crippen LogP contribution in [0.4, 0.5) is 41.2 Å². The lowest BCUT2D eigenvalue weighted by Crippen LogP contribution is -2.64. The number of carbonyl (C=O) groups excluding carboxylic acids is 1. The zero-order valence-electron chi connectivity index (χ0n) is 21.7. The Hall–Kier alpha value is -2.94. The lowest BCUT2D eigenvalue weighted by atomic mass is 9.82. The number of hydrogen-bond donors (Lipinski definition) is 4. The fourth-order valence-electron chi connectivity index (χ4n) is 5.40. The summed E-state index contributed by atoms with van der Waals surface area (Å²) >= 11 is 0. The van der Waals surface area contributed by atoms with Gasteiger partial charge in [-0.1, -0.05) is 36.4 Å². The van der Waals surface area contributed by atoms with E-state index in [0.29, 0.717) is 19.6 Å². The number of likely N-dealkylation sites (tertiary alicyclic amines) is 1. The van der Waals surface area contributed by atoms with Crippen molar-refractivity contribution in [3.8, 4) is 0 Å². The van der Waals surface area contributed by atoms with Crippen LogP contribution >= 0.6 is 0 Å². The van der Waals surface area contributed by atoms with Crippen molar-refractivity contribution in [2.45, 2.75) is 55.4 Å². The van der Waals surface area contributed by atoms with E-state index in [1.165, 1.54) is 30.3 Å². The van der Waals surface area contributed by atoms with Crippen molar-refractivity contribution in [2.75, 3.05) is 31.6 Å². The lowest BCUT2D eigenvalue weighted by molar-refractivity contribution is -0.386. The average Bonchev–Trinajstić information content (AvgIpc) is 3.42. The summed E-state index contributed by atoms with van der Waals surface area (Å²) in [6.45, 7) is 0.243. The average molecular weight is 594 g/mol. The maximum atomic E-state index is 14.7. The van der Waals surface area contributed by atoms with Crippen LogP contribution in [0.15, 0.2) is 48.5 Å². The molecule has 2 aliphatic rings. The summed E-state index contributed by atoms with van der Waals surface area (Å²) in [5.74, 6) is -1.45. The summed E-state index contributed by atoms with van der Waals surface area (Å²) in [5.41, 5.74) is -5.41. The third-order valence-corrected chi connectivity index (χ3v) is 7.61. The summed E-state index contributed by atoms with van der Waals surface area (Å²) in [4.78, 5) is 13.0. The SMILES string of the molecule is O=C(Nc1ccc(C(O)C2CCN(C(c3ccccc3)C(O)(C(F)(F)F)C(F)(F)F)CC2)cc1F)NC1CCOC1. The highest BCUT2D eigenvalue weighted by molar-refractivity contribution is 5.89. The van der Waals surface area contributed by atoms with Gasteiger partial charge in [-0.15, -0.1) is 0 Å². The van der Waals surface area contributed by atoms with Gasteiger partial charge in [-0.2, -0.15) is 26.3 Å². The van der Waals surface area contributed by atoms with Gasteiger partial charge in [-0.3, -0.25) is 4.90 Å². The van der Waals surface area contributed by atoms with Crippen LogP contribution in [0.3, 0.4) is 0 Å². The van der Waals surface area contributed by atoms with Gasteiger partial charge in [0.25, 0.3) is 5.60 Å². The smallest absolute Gasteiger partial charge is 0.388 e. The van der Waals surface area contributed by atoms with Crippen molar-refractivity contribution >= 4 is 11.7 Å². The zero-order valence-corrected chi connectivity index (χ0v) is 21.7. The fraction of sp³-hybridized carbons (Fsp3) is 0.519. The van der Waals surface area contributed by atoms with Gasteiger partial charge in [0.1, 0.15) is 5.82 Å². The van der Waals surface area contributed by atoms with Crippen LogP contribution in [0.1, 0.15) is 42.5 Å². The van der Waals surface area contributed by atoms with Gasteiger partial charge in [0.2, 0.25) is 0 Å². The van der Waals surface area contributed by atoms with Crippen molar-refractivity contribution in [1.29, 1.82) is 0 Å². The lowest BCUT2D eigenvalue weighted by Gasteiger charge is -2.47. The molecule has 7 nitrogen and oxygen atoms in total. The number of aliphatic hydroxyl groups is 2. The molecule has 0 aliphatic carbocycles. The number of carbonyl (C=O) groups is 1. The highest BCUT2D eigenvalue weighted by Gasteiger charge is 2.75. The normalized spacial score (nSPS) is 21.0. The van der Waals surface area contributed by atoms with Crippen LogP contribution in [0, 0.1) is 11.7 Å². The summed E-state index contributed by atoms with van der Waals surface area (Å²) in [6, 6.07) is 6.52. The van der Waals surface area contributed by atoms with Crippen LogP contribution in [0.5, 0.6) is 0 Å². The molecule has 2 aliphatic heterocycles. The minimum atomic E-state index is -6.03. The van der Waals surface area contributed by atoms with Gasteiger partial charge in [0, 0.05) is 6.61 Å². The molecule has 2 saturated heterocycles. The number of piperidine rings is 1. The summed E-state index contributed by atoms with van der Waals surface area (Å²) in [5, 5.41) is 26.2. The van der Waals surface area contributed by atoms with E-state index in [9.17, 15) is 45.7 Å². The van der Waals surface area contributed by atoms with E-state index in [-0.39, 0.29) is 48.8 Å². The number of alkyl halides is 6. The molecule has 2 fully saturated rings. The Morgan fingerprint density at radius 1 is 0.951 bits per heavy atom. The molecule has 2 aromatic rings. The molecule has 2 amide bonds. The number of amides is 2. The monoisotopic (exact) mass is 593 g/mol. The molecule has 4 N–H and O–H groups in total. The minimum Gasteiger partial charge on any atom is -0.388 e. The Morgan fingerprint density at radius 2 is 1.59 bits per heavy atom. The first-order chi connectivity index (χ1) is 19.2. The van der Waals surface area contributed by atoms with Crippen molar-refractivity contribution in [2.24, 2.45) is 5.92 Å². The molecule has 41 heavy (non-hydrogen) atoms. The number of ether oxygens (including phenoxy) is 1. The topological polar surface area (TPSA) is 94.1 Å². The molecule has 2 aromatic carbocycles. The quantitative estimate of drug-likeness (QED) is 0.336. The number of rotatable bonds is 7. The van der Waals surface area contributed by atoms with E-state index in [0.717, 1.165) is 23.1 Å². The number of benzene rings is 2. The number of nitrogens with one attached hydrogen (secondary N) is 2. The fourth-order valence-corrected chi connectivity index (χ4v) is 5.40. The van der Waals surface area contributed by atoms with Crippen LogP contribution in [0.25, 0.3) is 0 Å². The standard InChI is InChI=1S/C27H30F7N3O4/c28-20-14-18(6-7-21(20)36-24(39)35-19-10-13-41-15-19)22(38)16-8-11-37(12-9-16)23(17-4-2-1-3-5-17)25(40,26(29,30)31)27(32,33)34/h1-7,14,16,19,22-23,38,40H,8-13,15H2,(H2,35,36,39). The molecule has 3 atom stereocenters. The number of hydrogen-bond acceptors (Lipinski definition) is 5. The van der Waals surface area contributed by atoms with Gasteiger partial charge < -0.3 is 25.6 Å². The number of nitrogens with zero attached hydrogens (tertiary/aromatic N) is 1. The zero-order chi connectivity index (χ0) is 30.0. The third kappa shape index (κ3) is 6.60. The Bertz CT molecular complexity index is 1170. The second-order valence-electron chi connectivity index (χ2n) is 10.3. The molecule has 0 saturated carbocycles. The van der Waals surface area contributed by atoms with E-state index in [4.69, 9.17) is 4.74 Å². The van der Waals surface area contributed by atoms with E-state index in [1.807, 2.05) is 0 Å². The van der Waals surface area contributed by atoms with Crippen LogP contribution < -0.4 is 10.6 Å². The van der Waals surface area contributed by atoms with Crippen LogP contribution in [-0.2, 0) is 4.74 Å². The first kappa shape index (κ1) is 31.0. The van der Waals surface area contributed by atoms with Crippen molar-refractivity contribution in [3.63, 3.8) is 0 Å². The van der Waals surface area contributed by atoms with E-state index in [2.05, 4.69) is 10.6 Å². The number of urea groups is 1. The molecule has 3 unspecified atom stereocenters. The number of halogens is 7. The van der Waals surface area contributed by atoms with E-state index < -0.39 is 47.9 Å². The first-order valence-corrected chi connectivity index (χ1v) is 13.0.